The Labute approximate surface area is 112 Å². The molecular formula is C15H19N3O. The van der Waals surface area contributed by atoms with Crippen LogP contribution in [0, 0.1) is 5.92 Å². The van der Waals surface area contributed by atoms with Gasteiger partial charge in [-0.2, -0.15) is 5.10 Å². The van der Waals surface area contributed by atoms with E-state index in [-0.39, 0.29) is 11.8 Å². The number of rotatable bonds is 3. The Hall–Kier alpha value is -1.84. The minimum absolute atomic E-state index is 0.204. The van der Waals surface area contributed by atoms with Gasteiger partial charge in [0.15, 0.2) is 0 Å². The second-order valence-corrected chi connectivity index (χ2v) is 5.25. The van der Waals surface area contributed by atoms with Gasteiger partial charge in [-0.25, -0.2) is 4.52 Å². The van der Waals surface area contributed by atoms with Gasteiger partial charge in [-0.15, -0.1) is 0 Å². The lowest BCUT2D eigenvalue weighted by molar-refractivity contribution is -0.126. The molecular weight excluding hydrogens is 238 g/mol. The van der Waals surface area contributed by atoms with Gasteiger partial charge in [-0.3, -0.25) is 4.79 Å². The molecule has 0 unspecified atom stereocenters. The summed E-state index contributed by atoms with van der Waals surface area (Å²) in [4.78, 5) is 12.1. The van der Waals surface area contributed by atoms with Gasteiger partial charge < -0.3 is 5.32 Å². The molecule has 0 saturated heterocycles. The molecule has 4 heteroatoms. The van der Waals surface area contributed by atoms with E-state index in [0.717, 1.165) is 23.9 Å². The first-order chi connectivity index (χ1) is 9.34. The van der Waals surface area contributed by atoms with Crippen molar-refractivity contribution in [1.29, 1.82) is 0 Å². The van der Waals surface area contributed by atoms with Crippen LogP contribution >= 0.6 is 0 Å². The molecule has 2 heterocycles. The molecule has 0 radical (unpaired) electrons. The topological polar surface area (TPSA) is 46.4 Å². The number of nitrogens with zero attached hydrogens (tertiary/aromatic N) is 2. The molecule has 1 saturated carbocycles. The second-order valence-electron chi connectivity index (χ2n) is 5.25. The van der Waals surface area contributed by atoms with Gasteiger partial charge in [0.1, 0.15) is 0 Å². The first kappa shape index (κ1) is 12.2. The van der Waals surface area contributed by atoms with Crippen LogP contribution < -0.4 is 5.32 Å². The Morgan fingerprint density at radius 1 is 1.32 bits per heavy atom. The lowest BCUT2D eigenvalue weighted by Gasteiger charge is -2.20. The van der Waals surface area contributed by atoms with Crippen molar-refractivity contribution in [3.05, 3.63) is 36.2 Å². The third kappa shape index (κ3) is 2.62. The van der Waals surface area contributed by atoms with Gasteiger partial charge >= 0.3 is 0 Å². The summed E-state index contributed by atoms with van der Waals surface area (Å²) < 4.78 is 1.84. The predicted octanol–water partition coefficient (Wildman–Crippen LogP) is 2.53. The van der Waals surface area contributed by atoms with Gasteiger partial charge in [-0.1, -0.05) is 25.3 Å². The quantitative estimate of drug-likeness (QED) is 0.918. The number of carbonyl (C=O) groups is 1. The van der Waals surface area contributed by atoms with E-state index in [4.69, 9.17) is 0 Å². The molecule has 19 heavy (non-hydrogen) atoms. The number of aromatic nitrogens is 2. The minimum atomic E-state index is 0.204. The number of hydrogen-bond acceptors (Lipinski definition) is 2. The molecule has 2 aromatic heterocycles. The van der Waals surface area contributed by atoms with Crippen molar-refractivity contribution in [2.24, 2.45) is 5.92 Å². The van der Waals surface area contributed by atoms with Crippen molar-refractivity contribution >= 4 is 11.4 Å². The molecule has 3 rings (SSSR count). The average molecular weight is 257 g/mol. The van der Waals surface area contributed by atoms with E-state index >= 15 is 0 Å². The summed E-state index contributed by atoms with van der Waals surface area (Å²) in [5.41, 5.74) is 2.14. The largest absolute Gasteiger partial charge is 0.352 e. The normalized spacial score (nSPS) is 16.6. The molecule has 0 atom stereocenters. The van der Waals surface area contributed by atoms with Gasteiger partial charge in [-0.05, 0) is 25.0 Å². The SMILES string of the molecule is O=C(NCc1cnn2ccccc12)C1CCCCC1. The molecule has 1 aliphatic carbocycles. The molecule has 1 aliphatic rings. The Morgan fingerprint density at radius 3 is 3.00 bits per heavy atom. The van der Waals surface area contributed by atoms with E-state index in [2.05, 4.69) is 10.4 Å². The molecule has 1 amide bonds. The summed E-state index contributed by atoms with van der Waals surface area (Å²) in [5.74, 6) is 0.422. The van der Waals surface area contributed by atoms with Gasteiger partial charge in [0, 0.05) is 24.2 Å². The summed E-state index contributed by atoms with van der Waals surface area (Å²) in [6.07, 6.45) is 9.49. The average Bonchev–Trinajstić information content (AvgIpc) is 2.89. The lowest BCUT2D eigenvalue weighted by atomic mass is 9.88. The summed E-state index contributed by atoms with van der Waals surface area (Å²) in [5, 5.41) is 7.33. The van der Waals surface area contributed by atoms with Crippen molar-refractivity contribution in [2.45, 2.75) is 38.6 Å². The van der Waals surface area contributed by atoms with Crippen molar-refractivity contribution in [3.63, 3.8) is 0 Å². The van der Waals surface area contributed by atoms with Crippen molar-refractivity contribution in [2.75, 3.05) is 0 Å². The summed E-state index contributed by atoms with van der Waals surface area (Å²) in [7, 11) is 0. The number of amides is 1. The number of nitrogens with one attached hydrogen (secondary N) is 1. The van der Waals surface area contributed by atoms with Crippen LogP contribution in [0.1, 0.15) is 37.7 Å². The molecule has 0 bridgehead atoms. The van der Waals surface area contributed by atoms with E-state index in [9.17, 15) is 4.79 Å². The predicted molar refractivity (Wildman–Crippen MR) is 73.6 cm³/mol. The maximum Gasteiger partial charge on any atom is 0.223 e. The fourth-order valence-corrected chi connectivity index (χ4v) is 2.82. The zero-order chi connectivity index (χ0) is 13.1. The number of pyridine rings is 1. The molecule has 0 aromatic carbocycles. The van der Waals surface area contributed by atoms with Crippen LogP contribution in [0.15, 0.2) is 30.6 Å². The van der Waals surface area contributed by atoms with E-state index in [1.54, 1.807) is 0 Å². The van der Waals surface area contributed by atoms with Gasteiger partial charge in [0.2, 0.25) is 5.91 Å². The highest BCUT2D eigenvalue weighted by Gasteiger charge is 2.20. The maximum atomic E-state index is 12.1. The van der Waals surface area contributed by atoms with Crippen LogP contribution in [-0.2, 0) is 11.3 Å². The fraction of sp³-hybridized carbons (Fsp3) is 0.467. The van der Waals surface area contributed by atoms with Crippen LogP contribution in [0.3, 0.4) is 0 Å². The molecule has 0 aliphatic heterocycles. The van der Waals surface area contributed by atoms with Crippen LogP contribution in [-0.4, -0.2) is 15.5 Å². The second kappa shape index (κ2) is 5.43. The smallest absolute Gasteiger partial charge is 0.223 e. The van der Waals surface area contributed by atoms with Crippen molar-refractivity contribution in [3.8, 4) is 0 Å². The van der Waals surface area contributed by atoms with E-state index in [1.165, 1.54) is 19.3 Å². The minimum Gasteiger partial charge on any atom is -0.352 e. The Bertz CT molecular complexity index is 570. The summed E-state index contributed by atoms with van der Waals surface area (Å²) in [6.45, 7) is 0.572. The zero-order valence-corrected chi connectivity index (χ0v) is 11.0. The van der Waals surface area contributed by atoms with Crippen molar-refractivity contribution in [1.82, 2.24) is 14.9 Å². The molecule has 100 valence electrons. The summed E-state index contributed by atoms with van der Waals surface area (Å²) in [6, 6.07) is 5.96. The van der Waals surface area contributed by atoms with E-state index < -0.39 is 0 Å². The molecule has 2 aromatic rings. The lowest BCUT2D eigenvalue weighted by Crippen LogP contribution is -2.31. The van der Waals surface area contributed by atoms with Crippen LogP contribution in [0.5, 0.6) is 0 Å². The highest BCUT2D eigenvalue weighted by atomic mass is 16.1. The fourth-order valence-electron chi connectivity index (χ4n) is 2.82. The Kier molecular flexibility index (Phi) is 3.49. The highest BCUT2D eigenvalue weighted by Crippen LogP contribution is 2.23. The van der Waals surface area contributed by atoms with Crippen LogP contribution in [0.4, 0.5) is 0 Å². The number of hydrogen-bond donors (Lipinski definition) is 1. The third-order valence-electron chi connectivity index (χ3n) is 3.94. The van der Waals surface area contributed by atoms with Crippen LogP contribution in [0.25, 0.3) is 5.52 Å². The van der Waals surface area contributed by atoms with Crippen LogP contribution in [0.2, 0.25) is 0 Å². The van der Waals surface area contributed by atoms with Gasteiger partial charge in [0.05, 0.1) is 11.7 Å². The Morgan fingerprint density at radius 2 is 2.16 bits per heavy atom. The monoisotopic (exact) mass is 257 g/mol. The number of carbonyl (C=O) groups excluding carboxylic acids is 1. The first-order valence-corrected chi connectivity index (χ1v) is 7.03. The van der Waals surface area contributed by atoms with E-state index in [1.807, 2.05) is 35.1 Å². The molecule has 1 fully saturated rings. The van der Waals surface area contributed by atoms with Gasteiger partial charge in [0.25, 0.3) is 0 Å². The zero-order valence-electron chi connectivity index (χ0n) is 11.0. The number of fused-ring (bicyclic) bond motifs is 1. The molecule has 0 spiro atoms. The summed E-state index contributed by atoms with van der Waals surface area (Å²) >= 11 is 0. The first-order valence-electron chi connectivity index (χ1n) is 7.03. The molecule has 1 N–H and O–H groups in total. The third-order valence-corrected chi connectivity index (χ3v) is 3.94. The van der Waals surface area contributed by atoms with E-state index in [0.29, 0.717) is 6.54 Å². The maximum absolute atomic E-state index is 12.1. The Balaban J connectivity index is 1.64. The molecule has 4 nitrogen and oxygen atoms in total. The standard InChI is InChI=1S/C15H19N3O/c19-15(12-6-2-1-3-7-12)16-10-13-11-17-18-9-5-4-8-14(13)18/h4-5,8-9,11-12H,1-3,6-7,10H2,(H,16,19). The highest BCUT2D eigenvalue weighted by molar-refractivity contribution is 5.78. The van der Waals surface area contributed by atoms with Crippen molar-refractivity contribution < 1.29 is 4.79 Å².